The van der Waals surface area contributed by atoms with Crippen molar-refractivity contribution in [1.82, 2.24) is 0 Å². The van der Waals surface area contributed by atoms with Crippen LogP contribution in [0, 0.1) is 5.92 Å². The van der Waals surface area contributed by atoms with E-state index in [-0.39, 0.29) is 5.97 Å². The van der Waals surface area contributed by atoms with E-state index < -0.39 is 0 Å². The van der Waals surface area contributed by atoms with Crippen molar-refractivity contribution in [2.24, 2.45) is 5.92 Å². The van der Waals surface area contributed by atoms with E-state index in [1.165, 1.54) is 225 Å². The minimum atomic E-state index is 0.0177. The highest BCUT2D eigenvalue weighted by Gasteiger charge is 2.03. The maximum absolute atomic E-state index is 11.9. The molecule has 0 aliphatic rings. The zero-order valence-electron chi connectivity index (χ0n) is 34.3. The van der Waals surface area contributed by atoms with Crippen LogP contribution in [0.5, 0.6) is 0 Å². The molecule has 0 heterocycles. The molecule has 2 heteroatoms. The van der Waals surface area contributed by atoms with Crippen LogP contribution in [0.15, 0.2) is 12.2 Å². The van der Waals surface area contributed by atoms with E-state index in [4.69, 9.17) is 4.74 Å². The smallest absolute Gasteiger partial charge is 0.305 e. The Bertz CT molecular complexity index is 638. The third-order valence-corrected chi connectivity index (χ3v) is 10.6. The van der Waals surface area contributed by atoms with E-state index >= 15 is 0 Å². The van der Waals surface area contributed by atoms with Crippen LogP contribution in [0.2, 0.25) is 0 Å². The molecule has 0 amide bonds. The Balaban J connectivity index is 3.13. The average molecular weight is 689 g/mol. The summed E-state index contributed by atoms with van der Waals surface area (Å²) in [6.45, 7) is 7.57. The SMILES string of the molecule is CCCCC=CCCCCCCCC(=O)OCCCCCCCCCCCCCCCCCCCCCCCCCCCCCCC(C)C. The average Bonchev–Trinajstić information content (AvgIpc) is 3.09. The number of hydrogen-bond donors (Lipinski definition) is 0. The van der Waals surface area contributed by atoms with Crippen LogP contribution >= 0.6 is 0 Å². The van der Waals surface area contributed by atoms with Crippen molar-refractivity contribution in [2.45, 2.75) is 271 Å². The fourth-order valence-electron chi connectivity index (χ4n) is 7.13. The summed E-state index contributed by atoms with van der Waals surface area (Å²) >= 11 is 0. The summed E-state index contributed by atoms with van der Waals surface area (Å²) in [5.74, 6) is 0.906. The Morgan fingerprint density at radius 3 is 1.08 bits per heavy atom. The second-order valence-corrected chi connectivity index (χ2v) is 16.2. The third kappa shape index (κ3) is 45.2. The van der Waals surface area contributed by atoms with Gasteiger partial charge in [0, 0.05) is 6.42 Å². The topological polar surface area (TPSA) is 26.3 Å². The first kappa shape index (κ1) is 48.2. The van der Waals surface area contributed by atoms with Gasteiger partial charge in [-0.15, -0.1) is 0 Å². The summed E-state index contributed by atoms with van der Waals surface area (Å²) < 4.78 is 5.45. The van der Waals surface area contributed by atoms with Gasteiger partial charge in [0.25, 0.3) is 0 Å². The van der Waals surface area contributed by atoms with E-state index in [0.29, 0.717) is 13.0 Å². The molecular formula is C47H92O2. The van der Waals surface area contributed by atoms with E-state index in [1.54, 1.807) is 0 Å². The summed E-state index contributed by atoms with van der Waals surface area (Å²) in [6.07, 6.45) is 57.6. The van der Waals surface area contributed by atoms with E-state index in [1.807, 2.05) is 0 Å². The number of hydrogen-bond acceptors (Lipinski definition) is 2. The molecule has 0 saturated heterocycles. The summed E-state index contributed by atoms with van der Waals surface area (Å²) in [7, 11) is 0. The molecule has 0 spiro atoms. The van der Waals surface area contributed by atoms with E-state index in [2.05, 4.69) is 32.9 Å². The lowest BCUT2D eigenvalue weighted by molar-refractivity contribution is -0.143. The number of unbranched alkanes of at least 4 members (excludes halogenated alkanes) is 34. The Morgan fingerprint density at radius 1 is 0.408 bits per heavy atom. The molecule has 0 N–H and O–H groups in total. The molecule has 0 fully saturated rings. The van der Waals surface area contributed by atoms with Gasteiger partial charge in [0.15, 0.2) is 0 Å². The van der Waals surface area contributed by atoms with E-state index in [9.17, 15) is 4.79 Å². The van der Waals surface area contributed by atoms with Gasteiger partial charge >= 0.3 is 5.97 Å². The second-order valence-electron chi connectivity index (χ2n) is 16.2. The molecule has 2 nitrogen and oxygen atoms in total. The third-order valence-electron chi connectivity index (χ3n) is 10.6. The van der Waals surface area contributed by atoms with Gasteiger partial charge in [0.1, 0.15) is 0 Å². The molecule has 292 valence electrons. The van der Waals surface area contributed by atoms with Crippen LogP contribution in [0.25, 0.3) is 0 Å². The lowest BCUT2D eigenvalue weighted by Crippen LogP contribution is -2.05. The molecule has 0 aromatic heterocycles. The van der Waals surface area contributed by atoms with Crippen molar-refractivity contribution >= 4 is 5.97 Å². The zero-order valence-corrected chi connectivity index (χ0v) is 34.3. The summed E-state index contributed by atoms with van der Waals surface area (Å²) in [5, 5.41) is 0. The van der Waals surface area contributed by atoms with Gasteiger partial charge in [0.05, 0.1) is 6.61 Å². The van der Waals surface area contributed by atoms with Gasteiger partial charge < -0.3 is 4.74 Å². The van der Waals surface area contributed by atoms with Crippen LogP contribution in [0.4, 0.5) is 0 Å². The summed E-state index contributed by atoms with van der Waals surface area (Å²) in [5.41, 5.74) is 0. The van der Waals surface area contributed by atoms with Gasteiger partial charge in [-0.3, -0.25) is 4.79 Å². The quantitative estimate of drug-likeness (QED) is 0.0362. The number of ether oxygens (including phenoxy) is 1. The highest BCUT2D eigenvalue weighted by atomic mass is 16.5. The minimum absolute atomic E-state index is 0.0177. The molecular weight excluding hydrogens is 597 g/mol. The lowest BCUT2D eigenvalue weighted by atomic mass is 10.0. The maximum atomic E-state index is 11.9. The Morgan fingerprint density at radius 2 is 0.714 bits per heavy atom. The minimum Gasteiger partial charge on any atom is -0.466 e. The predicted octanol–water partition coefficient (Wildman–Crippen LogP) is 17.0. The van der Waals surface area contributed by atoms with Gasteiger partial charge in [0.2, 0.25) is 0 Å². The first-order valence-electron chi connectivity index (χ1n) is 23.0. The van der Waals surface area contributed by atoms with Crippen molar-refractivity contribution in [2.75, 3.05) is 6.61 Å². The molecule has 0 aliphatic heterocycles. The highest BCUT2D eigenvalue weighted by Crippen LogP contribution is 2.17. The predicted molar refractivity (Wildman–Crippen MR) is 221 cm³/mol. The van der Waals surface area contributed by atoms with Crippen LogP contribution < -0.4 is 0 Å². The van der Waals surface area contributed by atoms with Crippen molar-refractivity contribution in [3.8, 4) is 0 Å². The molecule has 49 heavy (non-hydrogen) atoms. The van der Waals surface area contributed by atoms with Crippen LogP contribution in [0.1, 0.15) is 271 Å². The molecule has 0 atom stereocenters. The first-order valence-corrected chi connectivity index (χ1v) is 23.0. The number of allylic oxidation sites excluding steroid dienone is 2. The van der Waals surface area contributed by atoms with E-state index in [0.717, 1.165) is 25.2 Å². The van der Waals surface area contributed by atoms with Crippen molar-refractivity contribution in [3.63, 3.8) is 0 Å². The summed E-state index contributed by atoms with van der Waals surface area (Å²) in [4.78, 5) is 11.9. The van der Waals surface area contributed by atoms with Crippen LogP contribution in [0.3, 0.4) is 0 Å². The Labute approximate surface area is 310 Å². The number of carbonyl (C=O) groups excluding carboxylic acids is 1. The van der Waals surface area contributed by atoms with Gasteiger partial charge in [-0.1, -0.05) is 245 Å². The zero-order chi connectivity index (χ0) is 35.6. The number of carbonyl (C=O) groups is 1. The monoisotopic (exact) mass is 689 g/mol. The molecule has 0 unspecified atom stereocenters. The fraction of sp³-hybridized carbons (Fsp3) is 0.936. The standard InChI is InChI=1S/C47H92O2/c1-4-5-6-7-8-9-28-32-35-38-41-44-47(48)49-45-42-39-36-33-30-27-25-23-21-19-17-15-13-11-10-12-14-16-18-20-22-24-26-29-31-34-37-40-43-46(2)3/h7-8,46H,4-6,9-45H2,1-3H3. The molecule has 0 rings (SSSR count). The normalized spacial score (nSPS) is 11.8. The maximum Gasteiger partial charge on any atom is 0.305 e. The number of rotatable bonds is 42. The van der Waals surface area contributed by atoms with Crippen molar-refractivity contribution in [3.05, 3.63) is 12.2 Å². The molecule has 0 bridgehead atoms. The van der Waals surface area contributed by atoms with Crippen LogP contribution in [-0.4, -0.2) is 12.6 Å². The summed E-state index contributed by atoms with van der Waals surface area (Å²) in [6, 6.07) is 0. The number of esters is 1. The largest absolute Gasteiger partial charge is 0.466 e. The molecule has 0 saturated carbocycles. The fourth-order valence-corrected chi connectivity index (χ4v) is 7.13. The lowest BCUT2D eigenvalue weighted by Gasteiger charge is -2.06. The van der Waals surface area contributed by atoms with Crippen molar-refractivity contribution in [1.29, 1.82) is 0 Å². The Hall–Kier alpha value is -0.790. The Kier molecular flexibility index (Phi) is 42.7. The molecule has 0 radical (unpaired) electrons. The van der Waals surface area contributed by atoms with Gasteiger partial charge in [-0.25, -0.2) is 0 Å². The molecule has 0 aromatic carbocycles. The second kappa shape index (κ2) is 43.4. The molecule has 0 aromatic rings. The highest BCUT2D eigenvalue weighted by molar-refractivity contribution is 5.69. The van der Waals surface area contributed by atoms with Crippen molar-refractivity contribution < 1.29 is 9.53 Å². The first-order chi connectivity index (χ1) is 24.2. The van der Waals surface area contributed by atoms with Gasteiger partial charge in [-0.2, -0.15) is 0 Å². The van der Waals surface area contributed by atoms with Crippen LogP contribution in [-0.2, 0) is 9.53 Å². The van der Waals surface area contributed by atoms with Gasteiger partial charge in [-0.05, 0) is 38.0 Å². The molecule has 0 aliphatic carbocycles.